The van der Waals surface area contributed by atoms with Gasteiger partial charge in [0.25, 0.3) is 0 Å². The molecule has 0 amide bonds. The SMILES string of the molecule is CN=C(NCc1ccc(N2CCOCC2)c(F)c1)NCc1nc(C(C)C)cs1.I. The highest BCUT2D eigenvalue weighted by atomic mass is 127. The van der Waals surface area contributed by atoms with Crippen molar-refractivity contribution in [2.75, 3.05) is 38.3 Å². The zero-order chi connectivity index (χ0) is 19.9. The minimum absolute atomic E-state index is 0. The maximum Gasteiger partial charge on any atom is 0.191 e. The molecule has 3 rings (SSSR count). The van der Waals surface area contributed by atoms with E-state index >= 15 is 0 Å². The van der Waals surface area contributed by atoms with Crippen LogP contribution >= 0.6 is 35.3 Å². The average molecular weight is 533 g/mol. The molecule has 2 aromatic rings. The molecule has 1 fully saturated rings. The van der Waals surface area contributed by atoms with Crippen molar-refractivity contribution in [1.29, 1.82) is 0 Å². The van der Waals surface area contributed by atoms with Gasteiger partial charge in [-0.25, -0.2) is 9.37 Å². The molecule has 1 aliphatic rings. The van der Waals surface area contributed by atoms with Crippen LogP contribution in [0.15, 0.2) is 28.6 Å². The molecule has 6 nitrogen and oxygen atoms in total. The molecule has 160 valence electrons. The zero-order valence-electron chi connectivity index (χ0n) is 17.1. The number of hydrogen-bond acceptors (Lipinski definition) is 5. The van der Waals surface area contributed by atoms with Gasteiger partial charge >= 0.3 is 0 Å². The summed E-state index contributed by atoms with van der Waals surface area (Å²) < 4.78 is 19.8. The van der Waals surface area contributed by atoms with Gasteiger partial charge in [-0.05, 0) is 23.6 Å². The number of anilines is 1. The summed E-state index contributed by atoms with van der Waals surface area (Å²) in [6.07, 6.45) is 0. The monoisotopic (exact) mass is 533 g/mol. The van der Waals surface area contributed by atoms with Gasteiger partial charge in [0.2, 0.25) is 0 Å². The standard InChI is InChI=1S/C20H28FN5OS.HI/c1-14(2)17-13-28-19(25-17)12-24-20(22-3)23-11-15-4-5-18(16(21)10-15)26-6-8-27-9-7-26;/h4-5,10,13-14H,6-9,11-12H2,1-3H3,(H2,22,23,24);1H. The van der Waals surface area contributed by atoms with Crippen LogP contribution in [0.3, 0.4) is 0 Å². The molecule has 2 heterocycles. The molecular weight excluding hydrogens is 504 g/mol. The number of nitrogens with one attached hydrogen (secondary N) is 2. The molecule has 2 N–H and O–H groups in total. The van der Waals surface area contributed by atoms with Crippen LogP contribution in [0.2, 0.25) is 0 Å². The lowest BCUT2D eigenvalue weighted by atomic mass is 10.1. The van der Waals surface area contributed by atoms with E-state index in [1.54, 1.807) is 24.5 Å². The Bertz CT molecular complexity index is 808. The predicted octanol–water partition coefficient (Wildman–Crippen LogP) is 3.73. The minimum atomic E-state index is -0.201. The third-order valence-electron chi connectivity index (χ3n) is 4.62. The molecule has 0 saturated carbocycles. The fraction of sp³-hybridized carbons (Fsp3) is 0.500. The summed E-state index contributed by atoms with van der Waals surface area (Å²) in [6.45, 7) is 8.11. The Balaban J connectivity index is 0.00000300. The lowest BCUT2D eigenvalue weighted by molar-refractivity contribution is 0.122. The molecular formula is C20H29FIN5OS. The van der Waals surface area contributed by atoms with Crippen molar-refractivity contribution in [3.05, 3.63) is 45.7 Å². The quantitative estimate of drug-likeness (QED) is 0.337. The third-order valence-corrected chi connectivity index (χ3v) is 5.48. The maximum atomic E-state index is 14.5. The van der Waals surface area contributed by atoms with E-state index in [-0.39, 0.29) is 29.8 Å². The van der Waals surface area contributed by atoms with E-state index in [9.17, 15) is 4.39 Å². The van der Waals surface area contributed by atoms with Gasteiger partial charge in [-0.3, -0.25) is 4.99 Å². The summed E-state index contributed by atoms with van der Waals surface area (Å²) in [5.74, 6) is 0.893. The summed E-state index contributed by atoms with van der Waals surface area (Å²) in [4.78, 5) is 10.9. The normalized spacial score (nSPS) is 14.7. The molecule has 0 unspecified atom stereocenters. The molecule has 9 heteroatoms. The number of nitrogens with zero attached hydrogens (tertiary/aromatic N) is 3. The van der Waals surface area contributed by atoms with E-state index in [1.807, 2.05) is 17.0 Å². The van der Waals surface area contributed by atoms with Gasteiger partial charge in [0.15, 0.2) is 5.96 Å². The Morgan fingerprint density at radius 3 is 2.62 bits per heavy atom. The average Bonchev–Trinajstić information content (AvgIpc) is 3.18. The van der Waals surface area contributed by atoms with Crippen LogP contribution in [0.25, 0.3) is 0 Å². The van der Waals surface area contributed by atoms with Gasteiger partial charge < -0.3 is 20.3 Å². The number of aliphatic imine (C=N–C) groups is 1. The summed E-state index contributed by atoms with van der Waals surface area (Å²) in [5.41, 5.74) is 2.62. The van der Waals surface area contributed by atoms with Crippen molar-refractivity contribution in [3.8, 4) is 0 Å². The van der Waals surface area contributed by atoms with E-state index in [0.717, 1.165) is 29.4 Å². The largest absolute Gasteiger partial charge is 0.378 e. The fourth-order valence-corrected chi connectivity index (χ4v) is 3.85. The summed E-state index contributed by atoms with van der Waals surface area (Å²) in [7, 11) is 1.72. The van der Waals surface area contributed by atoms with Crippen molar-refractivity contribution < 1.29 is 9.13 Å². The van der Waals surface area contributed by atoms with Crippen molar-refractivity contribution in [2.24, 2.45) is 4.99 Å². The Labute approximate surface area is 193 Å². The molecule has 1 aliphatic heterocycles. The second-order valence-electron chi connectivity index (χ2n) is 6.99. The molecule has 0 spiro atoms. The third kappa shape index (κ3) is 6.78. The first-order valence-electron chi connectivity index (χ1n) is 9.56. The number of guanidine groups is 1. The van der Waals surface area contributed by atoms with Crippen molar-refractivity contribution in [2.45, 2.75) is 32.9 Å². The van der Waals surface area contributed by atoms with Crippen LogP contribution in [0.5, 0.6) is 0 Å². The topological polar surface area (TPSA) is 61.8 Å². The number of ether oxygens (including phenoxy) is 1. The summed E-state index contributed by atoms with van der Waals surface area (Å²) >= 11 is 1.64. The van der Waals surface area contributed by atoms with Crippen LogP contribution in [0.1, 0.15) is 36.0 Å². The first kappa shape index (κ1) is 23.8. The van der Waals surface area contributed by atoms with Gasteiger partial charge in [0.1, 0.15) is 10.8 Å². The Morgan fingerprint density at radius 1 is 1.28 bits per heavy atom. The zero-order valence-corrected chi connectivity index (χ0v) is 20.2. The van der Waals surface area contributed by atoms with Gasteiger partial charge in [-0.15, -0.1) is 35.3 Å². The van der Waals surface area contributed by atoms with Crippen LogP contribution in [0, 0.1) is 5.82 Å². The first-order valence-corrected chi connectivity index (χ1v) is 10.4. The number of halogens is 2. The Morgan fingerprint density at radius 2 is 2.00 bits per heavy atom. The number of hydrogen-bond donors (Lipinski definition) is 2. The lowest BCUT2D eigenvalue weighted by Crippen LogP contribution is -2.37. The number of benzene rings is 1. The highest BCUT2D eigenvalue weighted by Gasteiger charge is 2.15. The van der Waals surface area contributed by atoms with E-state index in [4.69, 9.17) is 4.74 Å². The van der Waals surface area contributed by atoms with Gasteiger partial charge in [0, 0.05) is 32.1 Å². The highest BCUT2D eigenvalue weighted by Crippen LogP contribution is 2.21. The van der Waals surface area contributed by atoms with E-state index in [0.29, 0.717) is 43.9 Å². The molecule has 1 aromatic heterocycles. The van der Waals surface area contributed by atoms with Crippen LogP contribution < -0.4 is 15.5 Å². The fourth-order valence-electron chi connectivity index (χ4n) is 2.96. The summed E-state index contributed by atoms with van der Waals surface area (Å²) in [6, 6.07) is 5.38. The molecule has 0 radical (unpaired) electrons. The van der Waals surface area contributed by atoms with Crippen molar-refractivity contribution in [1.82, 2.24) is 15.6 Å². The number of morpholine rings is 1. The van der Waals surface area contributed by atoms with E-state index in [1.165, 1.54) is 0 Å². The minimum Gasteiger partial charge on any atom is -0.378 e. The van der Waals surface area contributed by atoms with Gasteiger partial charge in [-0.2, -0.15) is 0 Å². The number of thiazole rings is 1. The Kier molecular flexibility index (Phi) is 9.57. The molecule has 0 bridgehead atoms. The Hall–Kier alpha value is -1.46. The second-order valence-corrected chi connectivity index (χ2v) is 7.93. The van der Waals surface area contributed by atoms with Crippen LogP contribution in [-0.4, -0.2) is 44.3 Å². The second kappa shape index (κ2) is 11.7. The first-order chi connectivity index (χ1) is 13.6. The van der Waals surface area contributed by atoms with E-state index < -0.39 is 0 Å². The number of aromatic nitrogens is 1. The van der Waals surface area contributed by atoms with Crippen LogP contribution in [0.4, 0.5) is 10.1 Å². The molecule has 29 heavy (non-hydrogen) atoms. The van der Waals surface area contributed by atoms with Gasteiger partial charge in [-0.1, -0.05) is 19.9 Å². The predicted molar refractivity (Wildman–Crippen MR) is 128 cm³/mol. The van der Waals surface area contributed by atoms with Crippen molar-refractivity contribution in [3.63, 3.8) is 0 Å². The molecule has 0 aliphatic carbocycles. The van der Waals surface area contributed by atoms with Crippen molar-refractivity contribution >= 4 is 47.0 Å². The molecule has 0 atom stereocenters. The maximum absolute atomic E-state index is 14.5. The van der Waals surface area contributed by atoms with Crippen LogP contribution in [-0.2, 0) is 17.8 Å². The highest BCUT2D eigenvalue weighted by molar-refractivity contribution is 14.0. The number of rotatable bonds is 6. The van der Waals surface area contributed by atoms with Gasteiger partial charge in [0.05, 0.1) is 31.1 Å². The summed E-state index contributed by atoms with van der Waals surface area (Å²) in [5, 5.41) is 9.60. The van der Waals surface area contributed by atoms with E-state index in [2.05, 4.69) is 39.8 Å². The molecule has 1 aromatic carbocycles. The smallest absolute Gasteiger partial charge is 0.191 e. The lowest BCUT2D eigenvalue weighted by Gasteiger charge is -2.29. The molecule has 1 saturated heterocycles.